The van der Waals surface area contributed by atoms with Crippen LogP contribution in [0.2, 0.25) is 0 Å². The molecule has 1 saturated heterocycles. The van der Waals surface area contributed by atoms with Crippen molar-refractivity contribution in [2.45, 2.75) is 24.9 Å². The first kappa shape index (κ1) is 24.8. The number of ether oxygens (including phenoxy) is 1. The van der Waals surface area contributed by atoms with Gasteiger partial charge in [0.05, 0.1) is 6.04 Å². The highest BCUT2D eigenvalue weighted by Gasteiger charge is 2.71. The minimum absolute atomic E-state index is 0.253. The summed E-state index contributed by atoms with van der Waals surface area (Å²) in [6.45, 7) is 1.31. The third-order valence-corrected chi connectivity index (χ3v) is 8.43. The first-order chi connectivity index (χ1) is 19.9. The molecule has 3 heterocycles. The minimum atomic E-state index is -1.57. The Kier molecular flexibility index (Phi) is 5.57. The van der Waals surface area contributed by atoms with Crippen LogP contribution in [0.15, 0.2) is 103 Å². The lowest BCUT2D eigenvalue weighted by Gasteiger charge is -2.37. The smallest absolute Gasteiger partial charge is 0.308 e. The van der Waals surface area contributed by atoms with E-state index >= 15 is 0 Å². The van der Waals surface area contributed by atoms with E-state index in [4.69, 9.17) is 4.74 Å². The molecule has 0 unspecified atom stereocenters. The summed E-state index contributed by atoms with van der Waals surface area (Å²) in [6, 6.07) is 22.9. The van der Waals surface area contributed by atoms with Crippen LogP contribution in [0, 0.1) is 5.41 Å². The van der Waals surface area contributed by atoms with E-state index in [0.717, 1.165) is 11.3 Å². The molecule has 1 fully saturated rings. The summed E-state index contributed by atoms with van der Waals surface area (Å²) in [5.41, 5.74) is 1.85. The number of aromatic nitrogens is 1. The largest absolute Gasteiger partial charge is 0.427 e. The van der Waals surface area contributed by atoms with Gasteiger partial charge in [-0.3, -0.25) is 24.2 Å². The normalized spacial score (nSPS) is 21.4. The Labute approximate surface area is 236 Å². The van der Waals surface area contributed by atoms with Gasteiger partial charge in [-0.05, 0) is 47.5 Å². The lowest BCUT2D eigenvalue weighted by Crippen LogP contribution is -2.48. The third-order valence-electron chi connectivity index (χ3n) is 8.43. The Bertz CT molecular complexity index is 1740. The van der Waals surface area contributed by atoms with Gasteiger partial charge in [-0.1, -0.05) is 60.7 Å². The average molecular weight is 541 g/mol. The predicted octanol–water partition coefficient (Wildman–Crippen LogP) is 5.32. The van der Waals surface area contributed by atoms with Gasteiger partial charge in [-0.25, -0.2) is 0 Å². The number of esters is 1. The molecular formula is C34H24N2O5. The highest BCUT2D eigenvalue weighted by molar-refractivity contribution is 6.32. The minimum Gasteiger partial charge on any atom is -0.427 e. The molecule has 3 aromatic carbocycles. The summed E-state index contributed by atoms with van der Waals surface area (Å²) in [5.74, 6) is -1.79. The third kappa shape index (κ3) is 3.48. The number of hydrogen-bond acceptors (Lipinski definition) is 7. The lowest BCUT2D eigenvalue weighted by molar-refractivity contribution is -0.131. The fourth-order valence-electron chi connectivity index (χ4n) is 6.87. The van der Waals surface area contributed by atoms with Crippen molar-refractivity contribution in [2.75, 3.05) is 4.90 Å². The van der Waals surface area contributed by atoms with Gasteiger partial charge in [0.15, 0.2) is 17.3 Å². The maximum absolute atomic E-state index is 14.6. The summed E-state index contributed by atoms with van der Waals surface area (Å²) < 4.78 is 5.17. The monoisotopic (exact) mass is 540 g/mol. The molecule has 0 radical (unpaired) electrons. The number of pyridine rings is 1. The van der Waals surface area contributed by atoms with Gasteiger partial charge in [-0.15, -0.1) is 0 Å². The van der Waals surface area contributed by atoms with E-state index in [9.17, 15) is 19.2 Å². The SMILES string of the molecule is CC(=O)Oc1ccc(C(=O)[C@@H]2[C@@H](c3cccnc3)C3(C(=O)c4ccccc4C3=O)[C@@H]3C=Cc4ccccc4N23)cc1. The molecule has 1 aliphatic carbocycles. The Morgan fingerprint density at radius 3 is 2.20 bits per heavy atom. The molecule has 7 rings (SSSR count). The van der Waals surface area contributed by atoms with Crippen LogP contribution in [-0.2, 0) is 4.79 Å². The molecule has 0 amide bonds. The Hall–Kier alpha value is -5.17. The number of nitrogens with zero attached hydrogens (tertiary/aromatic N) is 2. The van der Waals surface area contributed by atoms with Crippen molar-refractivity contribution in [3.8, 4) is 5.75 Å². The topological polar surface area (TPSA) is 93.6 Å². The van der Waals surface area contributed by atoms with Gasteiger partial charge in [-0.2, -0.15) is 0 Å². The van der Waals surface area contributed by atoms with Crippen molar-refractivity contribution >= 4 is 35.1 Å². The first-order valence-electron chi connectivity index (χ1n) is 13.4. The van der Waals surface area contributed by atoms with Gasteiger partial charge in [0.2, 0.25) is 0 Å². The number of fused-ring (bicyclic) bond motifs is 5. The summed E-state index contributed by atoms with van der Waals surface area (Å²) in [6.07, 6.45) is 7.10. The second-order valence-electron chi connectivity index (χ2n) is 10.5. The molecule has 3 atom stereocenters. The molecular weight excluding hydrogens is 516 g/mol. The fourth-order valence-corrected chi connectivity index (χ4v) is 6.87. The van der Waals surface area contributed by atoms with E-state index in [1.54, 1.807) is 67.0 Å². The number of carbonyl (C=O) groups excluding carboxylic acids is 4. The molecule has 1 aromatic heterocycles. The van der Waals surface area contributed by atoms with E-state index in [-0.39, 0.29) is 17.3 Å². The van der Waals surface area contributed by atoms with Crippen molar-refractivity contribution in [2.24, 2.45) is 5.41 Å². The second kappa shape index (κ2) is 9.20. The zero-order chi connectivity index (χ0) is 28.3. The van der Waals surface area contributed by atoms with Crippen LogP contribution in [0.25, 0.3) is 6.08 Å². The summed E-state index contributed by atoms with van der Waals surface area (Å²) in [7, 11) is 0. The summed E-state index contributed by atoms with van der Waals surface area (Å²) in [4.78, 5) is 61.5. The number of benzene rings is 3. The number of rotatable bonds is 4. The fraction of sp³-hybridized carbons (Fsp3) is 0.147. The molecule has 1 spiro atoms. The van der Waals surface area contributed by atoms with Crippen molar-refractivity contribution < 1.29 is 23.9 Å². The molecule has 2 aliphatic heterocycles. The second-order valence-corrected chi connectivity index (χ2v) is 10.5. The highest BCUT2D eigenvalue weighted by Crippen LogP contribution is 2.60. The molecule has 0 saturated carbocycles. The number of Topliss-reactive ketones (excluding diaryl/α,β-unsaturated/α-hetero) is 3. The summed E-state index contributed by atoms with van der Waals surface area (Å²) >= 11 is 0. The quantitative estimate of drug-likeness (QED) is 0.150. The zero-order valence-electron chi connectivity index (χ0n) is 22.1. The molecule has 41 heavy (non-hydrogen) atoms. The van der Waals surface area contributed by atoms with Gasteiger partial charge < -0.3 is 9.64 Å². The van der Waals surface area contributed by atoms with E-state index in [1.165, 1.54) is 6.92 Å². The van der Waals surface area contributed by atoms with E-state index < -0.39 is 29.4 Å². The Morgan fingerprint density at radius 1 is 0.854 bits per heavy atom. The standard InChI is InChI=1S/C34H24N2O5/c1-20(37)41-24-15-12-22(13-16-24)31(38)30-29(23-8-6-18-35-19-23)34(32(39)25-9-3-4-10-26(25)33(34)40)28-17-14-21-7-2-5-11-27(21)36(28)30/h2-19,28-30H,1H3/t28-,29+,30-/m0/s1. The maximum Gasteiger partial charge on any atom is 0.308 e. The average Bonchev–Trinajstić information content (AvgIpc) is 3.43. The zero-order valence-corrected chi connectivity index (χ0v) is 22.1. The van der Waals surface area contributed by atoms with Crippen LogP contribution >= 0.6 is 0 Å². The van der Waals surface area contributed by atoms with E-state index in [0.29, 0.717) is 28.0 Å². The van der Waals surface area contributed by atoms with Crippen LogP contribution in [-0.4, -0.2) is 40.4 Å². The van der Waals surface area contributed by atoms with Gasteiger partial charge in [0.25, 0.3) is 0 Å². The number of ketones is 3. The van der Waals surface area contributed by atoms with Gasteiger partial charge in [0, 0.05) is 47.6 Å². The van der Waals surface area contributed by atoms with Crippen LogP contribution in [0.1, 0.15) is 55.0 Å². The van der Waals surface area contributed by atoms with Crippen molar-refractivity contribution in [1.82, 2.24) is 4.98 Å². The molecule has 7 nitrogen and oxygen atoms in total. The number of carbonyl (C=O) groups is 4. The number of hydrogen-bond donors (Lipinski definition) is 0. The lowest BCUT2D eigenvalue weighted by atomic mass is 9.64. The maximum atomic E-state index is 14.6. The molecule has 200 valence electrons. The van der Waals surface area contributed by atoms with Crippen LogP contribution in [0.4, 0.5) is 5.69 Å². The van der Waals surface area contributed by atoms with Crippen LogP contribution < -0.4 is 9.64 Å². The van der Waals surface area contributed by atoms with Gasteiger partial charge >= 0.3 is 5.97 Å². The van der Waals surface area contributed by atoms with Crippen molar-refractivity contribution in [1.29, 1.82) is 0 Å². The van der Waals surface area contributed by atoms with Crippen LogP contribution in [0.5, 0.6) is 5.75 Å². The molecule has 4 aromatic rings. The molecule has 0 bridgehead atoms. The molecule has 7 heteroatoms. The predicted molar refractivity (Wildman–Crippen MR) is 152 cm³/mol. The number of anilines is 1. The summed E-state index contributed by atoms with van der Waals surface area (Å²) in [5, 5.41) is 0. The van der Waals surface area contributed by atoms with Crippen LogP contribution in [0.3, 0.4) is 0 Å². The van der Waals surface area contributed by atoms with E-state index in [1.807, 2.05) is 47.4 Å². The van der Waals surface area contributed by atoms with Crippen molar-refractivity contribution in [3.05, 3.63) is 131 Å². The molecule has 3 aliphatic rings. The van der Waals surface area contributed by atoms with E-state index in [2.05, 4.69) is 4.98 Å². The highest BCUT2D eigenvalue weighted by atomic mass is 16.5. The first-order valence-corrected chi connectivity index (χ1v) is 13.4. The number of para-hydroxylation sites is 1. The molecule has 0 N–H and O–H groups in total. The Morgan fingerprint density at radius 2 is 1.54 bits per heavy atom. The Balaban J connectivity index is 1.48. The van der Waals surface area contributed by atoms with Gasteiger partial charge in [0.1, 0.15) is 17.2 Å². The van der Waals surface area contributed by atoms with Crippen molar-refractivity contribution in [3.63, 3.8) is 0 Å².